The Kier molecular flexibility index (Phi) is 3.62. The number of nitrogens with one attached hydrogen (secondary N) is 1. The van der Waals surface area contributed by atoms with Crippen LogP contribution in [0.1, 0.15) is 42.3 Å². The predicted molar refractivity (Wildman–Crippen MR) is 78.7 cm³/mol. The van der Waals surface area contributed by atoms with Crippen LogP contribution in [-0.4, -0.2) is 42.3 Å². The molecule has 0 radical (unpaired) electrons. The van der Waals surface area contributed by atoms with Crippen molar-refractivity contribution < 1.29 is 8.42 Å². The molecule has 1 N–H and O–H groups in total. The van der Waals surface area contributed by atoms with Crippen LogP contribution in [0.2, 0.25) is 0 Å². The van der Waals surface area contributed by atoms with E-state index < -0.39 is 9.84 Å². The summed E-state index contributed by atoms with van der Waals surface area (Å²) >= 11 is 0. The first-order valence-electron chi connectivity index (χ1n) is 7.44. The van der Waals surface area contributed by atoms with Crippen LogP contribution in [0.3, 0.4) is 0 Å². The first kappa shape index (κ1) is 14.1. The predicted octanol–water partition coefficient (Wildman–Crippen LogP) is 1.15. The molecule has 0 spiro atoms. The molecule has 3 rings (SSSR count). The lowest BCUT2D eigenvalue weighted by molar-refractivity contribution is 0.485. The lowest BCUT2D eigenvalue weighted by Gasteiger charge is -2.11. The van der Waals surface area contributed by atoms with Gasteiger partial charge in [0.1, 0.15) is 0 Å². The van der Waals surface area contributed by atoms with E-state index in [9.17, 15) is 8.42 Å². The zero-order valence-electron chi connectivity index (χ0n) is 12.2. The monoisotopic (exact) mass is 297 g/mol. The number of aryl methyl sites for hydroxylation is 1. The minimum absolute atomic E-state index is 0.0313. The molecule has 1 saturated carbocycles. The Morgan fingerprint density at radius 2 is 2.05 bits per heavy atom. The van der Waals surface area contributed by atoms with Gasteiger partial charge >= 0.3 is 0 Å². The molecule has 20 heavy (non-hydrogen) atoms. The van der Waals surface area contributed by atoms with Crippen LogP contribution in [0.15, 0.2) is 0 Å². The third-order valence-electron chi connectivity index (χ3n) is 4.41. The normalized spacial score (nSPS) is 25.2. The molecule has 2 aliphatic rings. The van der Waals surface area contributed by atoms with Crippen molar-refractivity contribution in [3.05, 3.63) is 17.0 Å². The zero-order valence-corrected chi connectivity index (χ0v) is 13.0. The van der Waals surface area contributed by atoms with E-state index in [2.05, 4.69) is 17.3 Å². The third kappa shape index (κ3) is 2.91. The molecule has 0 amide bonds. The van der Waals surface area contributed by atoms with E-state index in [4.69, 9.17) is 0 Å². The van der Waals surface area contributed by atoms with Crippen molar-refractivity contribution in [1.82, 2.24) is 15.1 Å². The minimum Gasteiger partial charge on any atom is -0.314 e. The summed E-state index contributed by atoms with van der Waals surface area (Å²) in [6.45, 7) is 5.08. The molecule has 1 atom stereocenters. The Morgan fingerprint density at radius 3 is 2.65 bits per heavy atom. The van der Waals surface area contributed by atoms with Crippen molar-refractivity contribution in [3.8, 4) is 0 Å². The van der Waals surface area contributed by atoms with Crippen molar-refractivity contribution in [2.24, 2.45) is 0 Å². The van der Waals surface area contributed by atoms with Gasteiger partial charge in [0, 0.05) is 11.7 Å². The Bertz CT molecular complexity index is 602. The first-order chi connectivity index (χ1) is 9.46. The molecular formula is C14H23N3O2S. The molecule has 0 aromatic carbocycles. The lowest BCUT2D eigenvalue weighted by atomic mass is 10.1. The van der Waals surface area contributed by atoms with E-state index >= 15 is 0 Å². The van der Waals surface area contributed by atoms with Gasteiger partial charge in [0.15, 0.2) is 9.84 Å². The van der Waals surface area contributed by atoms with Gasteiger partial charge in [0.05, 0.1) is 23.2 Å². The summed E-state index contributed by atoms with van der Waals surface area (Å²) in [7, 11) is -2.86. The lowest BCUT2D eigenvalue weighted by Crippen LogP contribution is -2.20. The highest BCUT2D eigenvalue weighted by molar-refractivity contribution is 7.91. The number of sulfone groups is 1. The fraction of sp³-hybridized carbons (Fsp3) is 0.786. The highest BCUT2D eigenvalue weighted by Gasteiger charge is 2.31. The second kappa shape index (κ2) is 5.15. The Hall–Kier alpha value is -0.880. The van der Waals surface area contributed by atoms with Crippen LogP contribution in [0.5, 0.6) is 0 Å². The van der Waals surface area contributed by atoms with Gasteiger partial charge < -0.3 is 5.32 Å². The number of hydrogen-bond acceptors (Lipinski definition) is 4. The molecular weight excluding hydrogens is 274 g/mol. The molecule has 1 aliphatic heterocycles. The second-order valence-corrected chi connectivity index (χ2v) is 8.36. The third-order valence-corrected chi connectivity index (χ3v) is 6.16. The molecule has 1 saturated heterocycles. The van der Waals surface area contributed by atoms with E-state index in [0.29, 0.717) is 12.2 Å². The SMILES string of the molecule is Cc1nn(C2CCS(=O)(=O)C2)c(C)c1CCNC1CC1. The minimum atomic E-state index is -2.86. The van der Waals surface area contributed by atoms with Crippen molar-refractivity contribution in [2.45, 2.75) is 51.6 Å². The molecule has 1 aromatic rings. The summed E-state index contributed by atoms with van der Waals surface area (Å²) in [5.41, 5.74) is 3.47. The van der Waals surface area contributed by atoms with Gasteiger partial charge in [-0.1, -0.05) is 0 Å². The molecule has 6 heteroatoms. The quantitative estimate of drug-likeness (QED) is 0.885. The summed E-state index contributed by atoms with van der Waals surface area (Å²) in [6.07, 6.45) is 4.28. The first-order valence-corrected chi connectivity index (χ1v) is 9.27. The van der Waals surface area contributed by atoms with E-state index in [0.717, 1.165) is 30.4 Å². The van der Waals surface area contributed by atoms with E-state index in [-0.39, 0.29) is 11.8 Å². The average Bonchev–Trinajstić information content (AvgIpc) is 3.07. The van der Waals surface area contributed by atoms with Crippen LogP contribution in [0, 0.1) is 13.8 Å². The van der Waals surface area contributed by atoms with Crippen LogP contribution < -0.4 is 5.32 Å². The largest absolute Gasteiger partial charge is 0.314 e. The Morgan fingerprint density at radius 1 is 1.30 bits per heavy atom. The maximum atomic E-state index is 11.6. The maximum Gasteiger partial charge on any atom is 0.152 e. The molecule has 2 heterocycles. The fourth-order valence-corrected chi connectivity index (χ4v) is 4.76. The van der Waals surface area contributed by atoms with E-state index in [1.54, 1.807) is 0 Å². The Balaban J connectivity index is 1.72. The number of nitrogens with zero attached hydrogens (tertiary/aromatic N) is 2. The number of rotatable bonds is 5. The van der Waals surface area contributed by atoms with Crippen molar-refractivity contribution in [3.63, 3.8) is 0 Å². The van der Waals surface area contributed by atoms with Crippen molar-refractivity contribution >= 4 is 9.84 Å². The summed E-state index contributed by atoms with van der Waals surface area (Å²) in [4.78, 5) is 0. The molecule has 1 aliphatic carbocycles. The highest BCUT2D eigenvalue weighted by Crippen LogP contribution is 2.27. The molecule has 0 bridgehead atoms. The van der Waals surface area contributed by atoms with Gasteiger partial charge in [-0.3, -0.25) is 4.68 Å². The maximum absolute atomic E-state index is 11.6. The van der Waals surface area contributed by atoms with Crippen LogP contribution >= 0.6 is 0 Å². The fourth-order valence-electron chi connectivity index (χ4n) is 3.07. The zero-order chi connectivity index (χ0) is 14.3. The van der Waals surface area contributed by atoms with Crippen molar-refractivity contribution in [1.29, 1.82) is 0 Å². The summed E-state index contributed by atoms with van der Waals surface area (Å²) < 4.78 is 25.2. The van der Waals surface area contributed by atoms with E-state index in [1.165, 1.54) is 18.4 Å². The number of aromatic nitrogens is 2. The van der Waals surface area contributed by atoms with Crippen LogP contribution in [0.4, 0.5) is 0 Å². The average molecular weight is 297 g/mol. The van der Waals surface area contributed by atoms with Gasteiger partial charge in [-0.2, -0.15) is 5.10 Å². The second-order valence-electron chi connectivity index (χ2n) is 6.13. The Labute approximate surface area is 120 Å². The molecule has 1 aromatic heterocycles. The van der Waals surface area contributed by atoms with Crippen LogP contribution in [-0.2, 0) is 16.3 Å². The van der Waals surface area contributed by atoms with Crippen LogP contribution in [0.25, 0.3) is 0 Å². The topological polar surface area (TPSA) is 64.0 Å². The molecule has 5 nitrogen and oxygen atoms in total. The standard InChI is InChI=1S/C14H23N3O2S/c1-10-14(5-7-15-12-3-4-12)11(2)17(16-10)13-6-8-20(18,19)9-13/h12-13,15H,3-9H2,1-2H3. The number of hydrogen-bond donors (Lipinski definition) is 1. The van der Waals surface area contributed by atoms with Gasteiger partial charge in [0.25, 0.3) is 0 Å². The van der Waals surface area contributed by atoms with Crippen molar-refractivity contribution in [2.75, 3.05) is 18.1 Å². The summed E-state index contributed by atoms with van der Waals surface area (Å²) in [5, 5.41) is 8.11. The molecule has 112 valence electrons. The summed E-state index contributed by atoms with van der Waals surface area (Å²) in [5.74, 6) is 0.545. The van der Waals surface area contributed by atoms with Gasteiger partial charge in [-0.15, -0.1) is 0 Å². The smallest absolute Gasteiger partial charge is 0.152 e. The van der Waals surface area contributed by atoms with Gasteiger partial charge in [0.2, 0.25) is 0 Å². The van der Waals surface area contributed by atoms with E-state index in [1.807, 2.05) is 11.6 Å². The summed E-state index contributed by atoms with van der Waals surface area (Å²) in [6, 6.07) is 0.759. The molecule has 2 fully saturated rings. The highest BCUT2D eigenvalue weighted by atomic mass is 32.2. The van der Waals surface area contributed by atoms with Gasteiger partial charge in [-0.05, 0) is 51.6 Å². The van der Waals surface area contributed by atoms with Gasteiger partial charge in [-0.25, -0.2) is 8.42 Å². The molecule has 1 unspecified atom stereocenters.